The zero-order valence-corrected chi connectivity index (χ0v) is 10.8. The predicted octanol–water partition coefficient (Wildman–Crippen LogP) is 0.416. The van der Waals surface area contributed by atoms with E-state index >= 15 is 0 Å². The molecule has 0 aromatic carbocycles. The van der Waals surface area contributed by atoms with Crippen LogP contribution in [-0.2, 0) is 14.4 Å². The molecular weight excluding hydrogens is 232 g/mol. The number of allylic oxidation sites excluding steroid dienone is 2. The van der Waals surface area contributed by atoms with Crippen molar-refractivity contribution in [2.45, 2.75) is 19.3 Å². The lowest BCUT2D eigenvalue weighted by Gasteiger charge is -2.16. The van der Waals surface area contributed by atoms with Crippen molar-refractivity contribution in [1.29, 1.82) is 0 Å². The van der Waals surface area contributed by atoms with Crippen molar-refractivity contribution in [1.82, 2.24) is 9.80 Å². The third kappa shape index (κ3) is 2.17. The van der Waals surface area contributed by atoms with E-state index in [1.54, 1.807) is 14.1 Å². The Hall–Kier alpha value is -1.65. The van der Waals surface area contributed by atoms with Crippen LogP contribution in [0.5, 0.6) is 0 Å². The van der Waals surface area contributed by atoms with Gasteiger partial charge in [-0.1, -0.05) is 12.2 Å². The Morgan fingerprint density at radius 2 is 1.72 bits per heavy atom. The largest absolute Gasteiger partial charge is 0.349 e. The molecule has 0 radical (unpaired) electrons. The first-order valence-corrected chi connectivity index (χ1v) is 6.22. The third-order valence-electron chi connectivity index (χ3n) is 3.65. The number of hydrogen-bond donors (Lipinski definition) is 0. The Morgan fingerprint density at radius 1 is 1.22 bits per heavy atom. The van der Waals surface area contributed by atoms with Crippen LogP contribution in [0.25, 0.3) is 0 Å². The number of likely N-dealkylation sites (tertiary alicyclic amines) is 1. The maximum absolute atomic E-state index is 12.1. The lowest BCUT2D eigenvalue weighted by Crippen LogP contribution is -2.35. The van der Waals surface area contributed by atoms with Crippen molar-refractivity contribution in [3.63, 3.8) is 0 Å². The van der Waals surface area contributed by atoms with Gasteiger partial charge in [0.15, 0.2) is 0 Å². The van der Waals surface area contributed by atoms with Gasteiger partial charge < -0.3 is 4.90 Å². The van der Waals surface area contributed by atoms with E-state index in [2.05, 4.69) is 0 Å². The van der Waals surface area contributed by atoms with Gasteiger partial charge in [-0.3, -0.25) is 19.3 Å². The number of carbonyl (C=O) groups is 3. The molecule has 1 aliphatic carbocycles. The first kappa shape index (κ1) is 12.8. The van der Waals surface area contributed by atoms with Crippen LogP contribution >= 0.6 is 0 Å². The van der Waals surface area contributed by atoms with Crippen molar-refractivity contribution in [2.24, 2.45) is 11.8 Å². The first-order chi connectivity index (χ1) is 8.52. The molecule has 0 unspecified atom stereocenters. The minimum atomic E-state index is -0.197. The fraction of sp³-hybridized carbons (Fsp3) is 0.615. The average molecular weight is 250 g/mol. The smallest absolute Gasteiger partial charge is 0.233 e. The summed E-state index contributed by atoms with van der Waals surface area (Å²) >= 11 is 0. The summed E-state index contributed by atoms with van der Waals surface area (Å²) in [5, 5.41) is 0. The van der Waals surface area contributed by atoms with Crippen molar-refractivity contribution >= 4 is 17.7 Å². The number of rotatable bonds is 3. The highest BCUT2D eigenvalue weighted by molar-refractivity contribution is 6.05. The van der Waals surface area contributed by atoms with E-state index in [1.165, 1.54) is 9.80 Å². The highest BCUT2D eigenvalue weighted by Gasteiger charge is 2.46. The normalized spacial score (nSPS) is 26.4. The van der Waals surface area contributed by atoms with Crippen LogP contribution in [0.3, 0.4) is 0 Å². The van der Waals surface area contributed by atoms with Crippen molar-refractivity contribution in [3.8, 4) is 0 Å². The molecule has 1 fully saturated rings. The van der Waals surface area contributed by atoms with E-state index in [9.17, 15) is 14.4 Å². The van der Waals surface area contributed by atoms with E-state index in [4.69, 9.17) is 0 Å². The number of hydrogen-bond acceptors (Lipinski definition) is 3. The summed E-state index contributed by atoms with van der Waals surface area (Å²) in [4.78, 5) is 38.4. The summed E-state index contributed by atoms with van der Waals surface area (Å²) in [6.07, 6.45) is 5.42. The minimum Gasteiger partial charge on any atom is -0.349 e. The molecule has 98 valence electrons. The lowest BCUT2D eigenvalue weighted by atomic mass is 9.85. The molecule has 18 heavy (non-hydrogen) atoms. The Labute approximate surface area is 106 Å². The van der Waals surface area contributed by atoms with Crippen LogP contribution in [0, 0.1) is 11.8 Å². The molecule has 3 amide bonds. The number of imide groups is 1. The SMILES string of the molecule is CN(C)C(=O)CCN1C(=O)[C@H]2CC=CC[C@H]2C1=O. The van der Waals surface area contributed by atoms with Gasteiger partial charge in [-0.25, -0.2) is 0 Å². The van der Waals surface area contributed by atoms with Crippen molar-refractivity contribution in [3.05, 3.63) is 12.2 Å². The molecule has 1 saturated heterocycles. The number of amides is 3. The maximum atomic E-state index is 12.1. The molecule has 0 N–H and O–H groups in total. The van der Waals surface area contributed by atoms with Crippen LogP contribution < -0.4 is 0 Å². The molecular formula is C13H18N2O3. The molecule has 0 spiro atoms. The Bertz CT molecular complexity index is 388. The molecule has 1 aliphatic heterocycles. The van der Waals surface area contributed by atoms with Crippen LogP contribution in [-0.4, -0.2) is 48.2 Å². The van der Waals surface area contributed by atoms with Crippen LogP contribution in [0.2, 0.25) is 0 Å². The van der Waals surface area contributed by atoms with E-state index in [1.807, 2.05) is 12.2 Å². The zero-order valence-electron chi connectivity index (χ0n) is 10.8. The molecule has 2 aliphatic rings. The summed E-state index contributed by atoms with van der Waals surface area (Å²) in [5.74, 6) is -0.681. The van der Waals surface area contributed by atoms with Gasteiger partial charge >= 0.3 is 0 Å². The molecule has 5 heteroatoms. The molecule has 0 aromatic heterocycles. The Morgan fingerprint density at radius 3 is 2.17 bits per heavy atom. The molecule has 5 nitrogen and oxygen atoms in total. The second kappa shape index (κ2) is 4.92. The van der Waals surface area contributed by atoms with Gasteiger partial charge in [-0.05, 0) is 12.8 Å². The van der Waals surface area contributed by atoms with Gasteiger partial charge in [0.2, 0.25) is 17.7 Å². The van der Waals surface area contributed by atoms with E-state index in [0.29, 0.717) is 12.8 Å². The molecule has 1 heterocycles. The molecule has 0 bridgehead atoms. The lowest BCUT2D eigenvalue weighted by molar-refractivity contribution is -0.140. The fourth-order valence-corrected chi connectivity index (χ4v) is 2.52. The van der Waals surface area contributed by atoms with Gasteiger partial charge in [0.05, 0.1) is 11.8 Å². The number of nitrogens with zero attached hydrogens (tertiary/aromatic N) is 2. The van der Waals surface area contributed by atoms with E-state index < -0.39 is 0 Å². The second-order valence-corrected chi connectivity index (χ2v) is 5.02. The summed E-state index contributed by atoms with van der Waals surface area (Å²) in [5.41, 5.74) is 0. The summed E-state index contributed by atoms with van der Waals surface area (Å²) in [6, 6.07) is 0. The number of carbonyl (C=O) groups excluding carboxylic acids is 3. The first-order valence-electron chi connectivity index (χ1n) is 6.22. The van der Waals surface area contributed by atoms with Crippen LogP contribution in [0.15, 0.2) is 12.2 Å². The van der Waals surface area contributed by atoms with Gasteiger partial charge in [0, 0.05) is 27.1 Å². The standard InChI is InChI=1S/C13H18N2O3/c1-14(2)11(16)7-8-15-12(17)9-5-3-4-6-10(9)13(15)18/h3-4,9-10H,5-8H2,1-2H3/t9-,10+. The Balaban J connectivity index is 2.00. The highest BCUT2D eigenvalue weighted by atomic mass is 16.2. The van der Waals surface area contributed by atoms with Gasteiger partial charge in [0.1, 0.15) is 0 Å². The fourth-order valence-electron chi connectivity index (χ4n) is 2.52. The van der Waals surface area contributed by atoms with Gasteiger partial charge in [0.25, 0.3) is 0 Å². The predicted molar refractivity (Wildman–Crippen MR) is 65.4 cm³/mol. The zero-order chi connectivity index (χ0) is 13.3. The molecule has 2 atom stereocenters. The molecule has 2 rings (SSSR count). The van der Waals surface area contributed by atoms with Crippen molar-refractivity contribution < 1.29 is 14.4 Å². The number of fused-ring (bicyclic) bond motifs is 1. The summed E-state index contributed by atoms with van der Waals surface area (Å²) in [6.45, 7) is 0.210. The maximum Gasteiger partial charge on any atom is 0.233 e. The van der Waals surface area contributed by atoms with Crippen LogP contribution in [0.1, 0.15) is 19.3 Å². The average Bonchev–Trinajstić information content (AvgIpc) is 2.60. The topological polar surface area (TPSA) is 57.7 Å². The molecule has 0 aromatic rings. The van der Waals surface area contributed by atoms with Crippen LogP contribution in [0.4, 0.5) is 0 Å². The summed E-state index contributed by atoms with van der Waals surface area (Å²) < 4.78 is 0. The Kier molecular flexibility index (Phi) is 3.50. The molecule has 0 saturated carbocycles. The van der Waals surface area contributed by atoms with Crippen molar-refractivity contribution in [2.75, 3.05) is 20.6 Å². The second-order valence-electron chi connectivity index (χ2n) is 5.02. The van der Waals surface area contributed by atoms with E-state index in [0.717, 1.165) is 0 Å². The third-order valence-corrected chi connectivity index (χ3v) is 3.65. The summed E-state index contributed by atoms with van der Waals surface area (Å²) in [7, 11) is 3.33. The van der Waals surface area contributed by atoms with Gasteiger partial charge in [-0.15, -0.1) is 0 Å². The quantitative estimate of drug-likeness (QED) is 0.538. The monoisotopic (exact) mass is 250 g/mol. The minimum absolute atomic E-state index is 0.0661. The van der Waals surface area contributed by atoms with Gasteiger partial charge in [-0.2, -0.15) is 0 Å². The highest BCUT2D eigenvalue weighted by Crippen LogP contribution is 2.34. The van der Waals surface area contributed by atoms with E-state index in [-0.39, 0.29) is 42.5 Å².